The summed E-state index contributed by atoms with van der Waals surface area (Å²) in [6.45, 7) is 8.20. The van der Waals surface area contributed by atoms with E-state index >= 15 is 0 Å². The SMILES string of the molecule is COc1ccc(C(=O)C2=C[C@@]34C=C[C@@]25[C@@H]2CC[C@@](O)(CN(Cc6ccc(OC(F)(F)F)cc6)C(=O)NC(C)C)[C@@]2(C)CC[C@@H]5[C@@]3(C)CCC(O)C4)cc1. The summed E-state index contributed by atoms with van der Waals surface area (Å²) >= 11 is 0. The van der Waals surface area contributed by atoms with Gasteiger partial charge in [0.2, 0.25) is 0 Å². The molecule has 2 bridgehead atoms. The van der Waals surface area contributed by atoms with Crippen LogP contribution in [0, 0.1) is 33.5 Å². The third-order valence-corrected chi connectivity index (χ3v) is 14.0. The van der Waals surface area contributed by atoms with Crippen LogP contribution in [0.3, 0.4) is 0 Å². The molecule has 6 aliphatic carbocycles. The highest BCUT2D eigenvalue weighted by molar-refractivity contribution is 6.10. The predicted octanol–water partition coefficient (Wildman–Crippen LogP) is 7.99. The molecule has 1 unspecified atom stereocenters. The normalized spacial score (nSPS) is 35.5. The summed E-state index contributed by atoms with van der Waals surface area (Å²) in [5.41, 5.74) is -1.49. The fraction of sp³-hybridized carbons (Fsp3) is 0.571. The van der Waals surface area contributed by atoms with Crippen molar-refractivity contribution in [2.75, 3.05) is 13.7 Å². The number of hydrogen-bond acceptors (Lipinski definition) is 6. The third kappa shape index (κ3) is 5.97. The number of methoxy groups -OCH3 is 1. The molecule has 8 rings (SSSR count). The van der Waals surface area contributed by atoms with E-state index < -0.39 is 34.3 Å². The molecule has 2 aromatic carbocycles. The number of nitrogens with one attached hydrogen (secondary N) is 1. The number of aliphatic hydroxyl groups is 2. The van der Waals surface area contributed by atoms with Crippen LogP contribution >= 0.6 is 0 Å². The van der Waals surface area contributed by atoms with Crippen molar-refractivity contribution in [2.45, 2.75) is 103 Å². The highest BCUT2D eigenvalue weighted by Crippen LogP contribution is 2.78. The molecular weight excluding hydrogens is 685 g/mol. The fourth-order valence-electron chi connectivity index (χ4n) is 11.4. The van der Waals surface area contributed by atoms with Crippen LogP contribution in [0.1, 0.15) is 88.6 Å². The summed E-state index contributed by atoms with van der Waals surface area (Å²) in [5, 5.41) is 26.9. The maximum absolute atomic E-state index is 14.8. The Morgan fingerprint density at radius 2 is 1.55 bits per heavy atom. The van der Waals surface area contributed by atoms with Gasteiger partial charge in [0.05, 0.1) is 25.4 Å². The number of alkyl halides is 3. The molecule has 53 heavy (non-hydrogen) atoms. The van der Waals surface area contributed by atoms with Gasteiger partial charge in [0.1, 0.15) is 11.5 Å². The molecule has 2 aromatic rings. The first-order valence-electron chi connectivity index (χ1n) is 18.8. The van der Waals surface area contributed by atoms with Crippen LogP contribution in [0.2, 0.25) is 0 Å². The highest BCUT2D eigenvalue weighted by Gasteiger charge is 2.74. The van der Waals surface area contributed by atoms with Crippen LogP contribution in [0.15, 0.2) is 72.3 Å². The van der Waals surface area contributed by atoms with Gasteiger partial charge in [-0.2, -0.15) is 0 Å². The Bertz CT molecular complexity index is 1810. The summed E-state index contributed by atoms with van der Waals surface area (Å²) in [6, 6.07) is 12.0. The smallest absolute Gasteiger partial charge is 0.497 e. The number of ether oxygens (including phenoxy) is 2. The van der Waals surface area contributed by atoms with Gasteiger partial charge in [-0.3, -0.25) is 4.79 Å². The monoisotopic (exact) mass is 736 g/mol. The number of nitrogens with zero attached hydrogens (tertiary/aromatic N) is 1. The zero-order valence-electron chi connectivity index (χ0n) is 31.1. The van der Waals surface area contributed by atoms with Crippen LogP contribution in [-0.2, 0) is 6.54 Å². The van der Waals surface area contributed by atoms with Crippen molar-refractivity contribution in [3.63, 3.8) is 0 Å². The molecule has 3 fully saturated rings. The number of amides is 2. The van der Waals surface area contributed by atoms with Crippen molar-refractivity contribution >= 4 is 11.8 Å². The van der Waals surface area contributed by atoms with Crippen LogP contribution in [0.25, 0.3) is 0 Å². The van der Waals surface area contributed by atoms with Crippen molar-refractivity contribution in [1.29, 1.82) is 0 Å². The number of fused-ring (bicyclic) bond motifs is 1. The van der Waals surface area contributed by atoms with Gasteiger partial charge >= 0.3 is 12.4 Å². The molecule has 0 radical (unpaired) electrons. The molecule has 0 aliphatic heterocycles. The van der Waals surface area contributed by atoms with Gasteiger partial charge in [0, 0.05) is 40.0 Å². The Balaban J connectivity index is 1.26. The number of carbonyl (C=O) groups is 2. The zero-order valence-corrected chi connectivity index (χ0v) is 31.1. The molecular formula is C42H51F3N2O6. The Hall–Kier alpha value is -3.83. The number of benzene rings is 2. The molecule has 6 aliphatic rings. The Morgan fingerprint density at radius 1 is 0.925 bits per heavy atom. The van der Waals surface area contributed by atoms with E-state index in [-0.39, 0.29) is 53.9 Å². The first kappa shape index (κ1) is 37.5. The van der Waals surface area contributed by atoms with E-state index in [0.29, 0.717) is 49.0 Å². The van der Waals surface area contributed by atoms with Gasteiger partial charge in [-0.1, -0.05) is 44.2 Å². The predicted molar refractivity (Wildman–Crippen MR) is 193 cm³/mol. The van der Waals surface area contributed by atoms with Crippen molar-refractivity contribution < 1.29 is 42.4 Å². The second-order valence-corrected chi connectivity index (χ2v) is 17.0. The summed E-state index contributed by atoms with van der Waals surface area (Å²) in [4.78, 5) is 30.1. The second-order valence-electron chi connectivity index (χ2n) is 17.0. The lowest BCUT2D eigenvalue weighted by molar-refractivity contribution is -0.274. The number of allylic oxidation sites excluding steroid dienone is 4. The minimum absolute atomic E-state index is 0.00267. The summed E-state index contributed by atoms with van der Waals surface area (Å²) < 4.78 is 47.9. The average molecular weight is 737 g/mol. The van der Waals surface area contributed by atoms with Crippen LogP contribution < -0.4 is 14.8 Å². The third-order valence-electron chi connectivity index (χ3n) is 14.0. The number of urea groups is 1. The average Bonchev–Trinajstić information content (AvgIpc) is 3.37. The molecule has 8 atom stereocenters. The van der Waals surface area contributed by atoms with Gasteiger partial charge in [-0.15, -0.1) is 13.2 Å². The minimum Gasteiger partial charge on any atom is -0.497 e. The standard InChI is InChI=1S/C42H51F3N2O6/c1-26(2)46-36(50)47(24-27-6-10-31(11-7-27)53-42(43,44)45)25-40(51)19-16-34-38(40,4)18-15-33-37(3)17-14-29(48)22-39(37)20-21-41(33,34)32(23-39)35(49)28-8-12-30(52-5)13-9-28/h6-13,20-21,23,26,29,33-34,48,51H,14-19,22,24-25H2,1-5H3,(H,46,50)/t29?,33-,34-,37-,38+,39+,40-,41-/m1/s1. The molecule has 8 nitrogen and oxygen atoms in total. The number of aliphatic hydroxyl groups excluding tert-OH is 1. The van der Waals surface area contributed by atoms with E-state index in [4.69, 9.17) is 4.74 Å². The van der Waals surface area contributed by atoms with Gasteiger partial charge in [-0.25, -0.2) is 4.79 Å². The second kappa shape index (κ2) is 12.9. The molecule has 11 heteroatoms. The van der Waals surface area contributed by atoms with E-state index in [0.717, 1.165) is 18.4 Å². The minimum atomic E-state index is -4.82. The molecule has 3 N–H and O–H groups in total. The maximum Gasteiger partial charge on any atom is 0.573 e. The van der Waals surface area contributed by atoms with Crippen LogP contribution in [0.4, 0.5) is 18.0 Å². The lowest BCUT2D eigenvalue weighted by Gasteiger charge is -2.71. The quantitative estimate of drug-likeness (QED) is 0.178. The molecule has 0 heterocycles. The van der Waals surface area contributed by atoms with E-state index in [2.05, 4.69) is 42.1 Å². The molecule has 2 spiro atoms. The van der Waals surface area contributed by atoms with E-state index in [9.17, 15) is 33.0 Å². The molecule has 286 valence electrons. The topological polar surface area (TPSA) is 108 Å². The number of ketones is 1. The summed E-state index contributed by atoms with van der Waals surface area (Å²) in [6.07, 6.45) is 5.99. The van der Waals surface area contributed by atoms with Crippen molar-refractivity contribution in [3.05, 3.63) is 83.5 Å². The van der Waals surface area contributed by atoms with Crippen molar-refractivity contribution in [3.8, 4) is 11.5 Å². The number of hydrogen-bond donors (Lipinski definition) is 3. The number of rotatable bonds is 9. The number of Topliss-reactive ketones (excluding diaryl/α,β-unsaturated/α-hetero) is 1. The van der Waals surface area contributed by atoms with Crippen LogP contribution in [-0.4, -0.2) is 64.7 Å². The Kier molecular flexibility index (Phi) is 9.12. The van der Waals surface area contributed by atoms with Gasteiger partial charge in [-0.05, 0) is 118 Å². The van der Waals surface area contributed by atoms with Gasteiger partial charge in [0.15, 0.2) is 5.78 Å². The first-order chi connectivity index (χ1) is 24.9. The van der Waals surface area contributed by atoms with Crippen LogP contribution in [0.5, 0.6) is 11.5 Å². The lowest BCUT2D eigenvalue weighted by atomic mass is 9.32. The maximum atomic E-state index is 14.8. The lowest BCUT2D eigenvalue weighted by Crippen LogP contribution is -2.67. The van der Waals surface area contributed by atoms with E-state index in [1.807, 2.05) is 13.8 Å². The Morgan fingerprint density at radius 3 is 2.19 bits per heavy atom. The number of halogens is 3. The largest absolute Gasteiger partial charge is 0.573 e. The molecule has 0 saturated heterocycles. The highest BCUT2D eigenvalue weighted by atomic mass is 19.4. The Labute approximate surface area is 309 Å². The van der Waals surface area contributed by atoms with Gasteiger partial charge < -0.3 is 29.9 Å². The van der Waals surface area contributed by atoms with Crippen molar-refractivity contribution in [2.24, 2.45) is 33.5 Å². The fourth-order valence-corrected chi connectivity index (χ4v) is 11.4. The number of carbonyl (C=O) groups excluding carboxylic acids is 2. The molecule has 3 saturated carbocycles. The van der Waals surface area contributed by atoms with E-state index in [1.54, 1.807) is 36.3 Å². The van der Waals surface area contributed by atoms with Gasteiger partial charge in [0.25, 0.3) is 0 Å². The summed E-state index contributed by atoms with van der Waals surface area (Å²) in [7, 11) is 1.59. The van der Waals surface area contributed by atoms with Crippen molar-refractivity contribution in [1.82, 2.24) is 10.2 Å². The zero-order chi connectivity index (χ0) is 38.2. The molecule has 2 amide bonds. The van der Waals surface area contributed by atoms with E-state index in [1.165, 1.54) is 24.3 Å². The molecule has 0 aromatic heterocycles. The summed E-state index contributed by atoms with van der Waals surface area (Å²) in [5.74, 6) is 0.221. The first-order valence-corrected chi connectivity index (χ1v) is 18.8.